The molecule has 0 aromatic heterocycles. The molecule has 0 bridgehead atoms. The summed E-state index contributed by atoms with van der Waals surface area (Å²) in [5, 5.41) is 0. The van der Waals surface area contributed by atoms with E-state index in [-0.39, 0.29) is 5.75 Å². The van der Waals surface area contributed by atoms with Gasteiger partial charge in [-0.25, -0.2) is 8.42 Å². The van der Waals surface area contributed by atoms with Crippen LogP contribution in [0.25, 0.3) is 0 Å². The first-order valence-electron chi connectivity index (χ1n) is 6.57. The first kappa shape index (κ1) is 16.0. The van der Waals surface area contributed by atoms with Crippen LogP contribution < -0.4 is 10.6 Å². The molecular formula is C14H24N2O2S. The van der Waals surface area contributed by atoms with E-state index in [0.29, 0.717) is 19.0 Å². The van der Waals surface area contributed by atoms with Crippen LogP contribution >= 0.6 is 0 Å². The standard InChI is InChI=1S/C14H24N2O2S/c1-12(2)16(9-4-10-19(3,17)18)14-7-5-13(11-15)6-8-14/h5-8,12H,4,9-11,15H2,1-3H3. The van der Waals surface area contributed by atoms with Crippen LogP contribution in [0, 0.1) is 0 Å². The average molecular weight is 284 g/mol. The number of sulfone groups is 1. The van der Waals surface area contributed by atoms with Crippen molar-refractivity contribution in [2.75, 3.05) is 23.5 Å². The van der Waals surface area contributed by atoms with Gasteiger partial charge >= 0.3 is 0 Å². The highest BCUT2D eigenvalue weighted by Crippen LogP contribution is 2.18. The molecular weight excluding hydrogens is 260 g/mol. The zero-order valence-corrected chi connectivity index (χ0v) is 12.8. The molecule has 5 heteroatoms. The molecule has 0 saturated carbocycles. The maximum absolute atomic E-state index is 11.2. The second kappa shape index (κ2) is 6.91. The molecule has 0 fully saturated rings. The Balaban J connectivity index is 2.71. The Bertz CT molecular complexity index is 481. The largest absolute Gasteiger partial charge is 0.369 e. The lowest BCUT2D eigenvalue weighted by Gasteiger charge is -2.29. The SMILES string of the molecule is CC(C)N(CCCS(C)(=O)=O)c1ccc(CN)cc1. The minimum absolute atomic E-state index is 0.233. The van der Waals surface area contributed by atoms with Gasteiger partial charge in [-0.3, -0.25) is 0 Å². The van der Waals surface area contributed by atoms with Crippen molar-refractivity contribution in [1.29, 1.82) is 0 Å². The minimum Gasteiger partial charge on any atom is -0.369 e. The van der Waals surface area contributed by atoms with Crippen molar-refractivity contribution >= 4 is 15.5 Å². The van der Waals surface area contributed by atoms with Crippen molar-refractivity contribution in [3.63, 3.8) is 0 Å². The Kier molecular flexibility index (Phi) is 5.82. The molecule has 2 N–H and O–H groups in total. The zero-order chi connectivity index (χ0) is 14.5. The fraction of sp³-hybridized carbons (Fsp3) is 0.571. The lowest BCUT2D eigenvalue weighted by Crippen LogP contribution is -2.32. The molecule has 0 unspecified atom stereocenters. The second-order valence-electron chi connectivity index (χ2n) is 5.14. The van der Waals surface area contributed by atoms with E-state index in [9.17, 15) is 8.42 Å². The molecule has 0 heterocycles. The number of hydrogen-bond acceptors (Lipinski definition) is 4. The lowest BCUT2D eigenvalue weighted by molar-refractivity contribution is 0.595. The van der Waals surface area contributed by atoms with E-state index in [0.717, 1.165) is 17.8 Å². The molecule has 0 aliphatic rings. The summed E-state index contributed by atoms with van der Waals surface area (Å²) in [7, 11) is -2.88. The van der Waals surface area contributed by atoms with Gasteiger partial charge in [-0.1, -0.05) is 12.1 Å². The van der Waals surface area contributed by atoms with Gasteiger partial charge in [-0.05, 0) is 38.0 Å². The third-order valence-electron chi connectivity index (χ3n) is 3.04. The first-order chi connectivity index (χ1) is 8.83. The Morgan fingerprint density at radius 3 is 2.21 bits per heavy atom. The van der Waals surface area contributed by atoms with Gasteiger partial charge in [0.15, 0.2) is 0 Å². The summed E-state index contributed by atoms with van der Waals surface area (Å²) < 4.78 is 22.3. The summed E-state index contributed by atoms with van der Waals surface area (Å²) >= 11 is 0. The second-order valence-corrected chi connectivity index (χ2v) is 7.40. The number of nitrogens with zero attached hydrogens (tertiary/aromatic N) is 1. The fourth-order valence-electron chi connectivity index (χ4n) is 2.01. The molecule has 0 aliphatic heterocycles. The van der Waals surface area contributed by atoms with Crippen LogP contribution in [0.15, 0.2) is 24.3 Å². The molecule has 108 valence electrons. The van der Waals surface area contributed by atoms with Crippen molar-refractivity contribution in [2.45, 2.75) is 32.9 Å². The zero-order valence-electron chi connectivity index (χ0n) is 12.0. The van der Waals surface area contributed by atoms with Gasteiger partial charge in [0.25, 0.3) is 0 Å². The highest BCUT2D eigenvalue weighted by molar-refractivity contribution is 7.90. The van der Waals surface area contributed by atoms with Crippen molar-refractivity contribution in [2.24, 2.45) is 5.73 Å². The van der Waals surface area contributed by atoms with Crippen LogP contribution in [0.4, 0.5) is 5.69 Å². The number of benzene rings is 1. The Morgan fingerprint density at radius 1 is 1.21 bits per heavy atom. The van der Waals surface area contributed by atoms with Crippen molar-refractivity contribution < 1.29 is 8.42 Å². The summed E-state index contributed by atoms with van der Waals surface area (Å²) in [5.41, 5.74) is 7.80. The number of rotatable bonds is 7. The van der Waals surface area contributed by atoms with Crippen molar-refractivity contribution in [3.05, 3.63) is 29.8 Å². The van der Waals surface area contributed by atoms with E-state index >= 15 is 0 Å². The number of nitrogens with two attached hydrogens (primary N) is 1. The van der Waals surface area contributed by atoms with E-state index in [1.807, 2.05) is 24.3 Å². The van der Waals surface area contributed by atoms with Gasteiger partial charge in [0.05, 0.1) is 5.75 Å². The quantitative estimate of drug-likeness (QED) is 0.829. The van der Waals surface area contributed by atoms with Gasteiger partial charge in [-0.2, -0.15) is 0 Å². The van der Waals surface area contributed by atoms with E-state index in [2.05, 4.69) is 18.7 Å². The first-order valence-corrected chi connectivity index (χ1v) is 8.63. The van der Waals surface area contributed by atoms with Crippen LogP contribution in [-0.4, -0.2) is 33.0 Å². The molecule has 0 amide bonds. The number of anilines is 1. The van der Waals surface area contributed by atoms with Crippen molar-refractivity contribution in [3.8, 4) is 0 Å². The van der Waals surface area contributed by atoms with Crippen LogP contribution in [0.5, 0.6) is 0 Å². The molecule has 0 saturated heterocycles. The normalized spacial score (nSPS) is 11.8. The van der Waals surface area contributed by atoms with Crippen LogP contribution in [0.1, 0.15) is 25.8 Å². The third kappa shape index (κ3) is 5.61. The highest BCUT2D eigenvalue weighted by atomic mass is 32.2. The summed E-state index contributed by atoms with van der Waals surface area (Å²) in [6.45, 7) is 5.50. The molecule has 0 radical (unpaired) electrons. The highest BCUT2D eigenvalue weighted by Gasteiger charge is 2.11. The van der Waals surface area contributed by atoms with Crippen LogP contribution in [-0.2, 0) is 16.4 Å². The van der Waals surface area contributed by atoms with Crippen LogP contribution in [0.2, 0.25) is 0 Å². The topological polar surface area (TPSA) is 63.4 Å². The summed E-state index contributed by atoms with van der Waals surface area (Å²) in [6, 6.07) is 8.46. The maximum Gasteiger partial charge on any atom is 0.147 e. The lowest BCUT2D eigenvalue weighted by atomic mass is 10.1. The predicted octanol–water partition coefficient (Wildman–Crippen LogP) is 1.79. The Morgan fingerprint density at radius 2 is 1.79 bits per heavy atom. The molecule has 1 aromatic carbocycles. The molecule has 1 rings (SSSR count). The number of hydrogen-bond donors (Lipinski definition) is 1. The average Bonchev–Trinajstić information content (AvgIpc) is 2.33. The molecule has 19 heavy (non-hydrogen) atoms. The minimum atomic E-state index is -2.88. The molecule has 1 aromatic rings. The monoisotopic (exact) mass is 284 g/mol. The van der Waals surface area contributed by atoms with E-state index in [4.69, 9.17) is 5.73 Å². The Labute approximate surface area is 116 Å². The third-order valence-corrected chi connectivity index (χ3v) is 4.07. The smallest absolute Gasteiger partial charge is 0.147 e. The van der Waals surface area contributed by atoms with E-state index < -0.39 is 9.84 Å². The molecule has 4 nitrogen and oxygen atoms in total. The Hall–Kier alpha value is -1.07. The van der Waals surface area contributed by atoms with Gasteiger partial charge < -0.3 is 10.6 Å². The maximum atomic E-state index is 11.2. The van der Waals surface area contributed by atoms with Crippen molar-refractivity contribution in [1.82, 2.24) is 0 Å². The molecule has 0 atom stereocenters. The fourth-order valence-corrected chi connectivity index (χ4v) is 2.66. The van der Waals surface area contributed by atoms with Gasteiger partial charge in [-0.15, -0.1) is 0 Å². The van der Waals surface area contributed by atoms with Gasteiger partial charge in [0.2, 0.25) is 0 Å². The summed E-state index contributed by atoms with van der Waals surface area (Å²) in [6.07, 6.45) is 1.93. The van der Waals surface area contributed by atoms with Gasteiger partial charge in [0, 0.05) is 31.1 Å². The van der Waals surface area contributed by atoms with E-state index in [1.54, 1.807) is 0 Å². The van der Waals surface area contributed by atoms with Gasteiger partial charge in [0.1, 0.15) is 9.84 Å². The summed E-state index contributed by atoms with van der Waals surface area (Å²) in [4.78, 5) is 2.21. The van der Waals surface area contributed by atoms with E-state index in [1.165, 1.54) is 6.26 Å². The van der Waals surface area contributed by atoms with Crippen LogP contribution in [0.3, 0.4) is 0 Å². The summed E-state index contributed by atoms with van der Waals surface area (Å²) in [5.74, 6) is 0.233. The molecule has 0 aliphatic carbocycles. The predicted molar refractivity (Wildman–Crippen MR) is 81.1 cm³/mol. The molecule has 0 spiro atoms.